The lowest BCUT2D eigenvalue weighted by Crippen LogP contribution is -2.45. The minimum Gasteiger partial charge on any atom is -0.419 e. The summed E-state index contributed by atoms with van der Waals surface area (Å²) in [5.74, 6) is 1.01. The predicted molar refractivity (Wildman–Crippen MR) is 79.9 cm³/mol. The van der Waals surface area contributed by atoms with Crippen molar-refractivity contribution < 1.29 is 9.52 Å². The number of aliphatic hydroxyl groups is 1. The molecule has 5 nitrogen and oxygen atoms in total. The highest BCUT2D eigenvalue weighted by atomic mass is 35.5. The quantitative estimate of drug-likeness (QED) is 0.889. The van der Waals surface area contributed by atoms with Crippen LogP contribution in [-0.4, -0.2) is 27.4 Å². The van der Waals surface area contributed by atoms with Crippen LogP contribution in [0.3, 0.4) is 0 Å². The Morgan fingerprint density at radius 3 is 2.57 bits per heavy atom. The molecule has 0 saturated heterocycles. The third-order valence-electron chi connectivity index (χ3n) is 4.04. The van der Waals surface area contributed by atoms with Crippen molar-refractivity contribution in [2.24, 2.45) is 0 Å². The van der Waals surface area contributed by atoms with Crippen molar-refractivity contribution in [3.05, 3.63) is 35.2 Å². The maximum absolute atomic E-state index is 9.56. The molecule has 0 unspecified atom stereocenters. The van der Waals surface area contributed by atoms with Crippen molar-refractivity contribution in [1.82, 2.24) is 15.5 Å². The number of hydrogen-bond donors (Lipinski definition) is 2. The van der Waals surface area contributed by atoms with Gasteiger partial charge in [0.1, 0.15) is 0 Å². The van der Waals surface area contributed by atoms with Gasteiger partial charge in [0.15, 0.2) is 0 Å². The van der Waals surface area contributed by atoms with Gasteiger partial charge in [0.25, 0.3) is 0 Å². The molecule has 112 valence electrons. The van der Waals surface area contributed by atoms with E-state index in [9.17, 15) is 5.11 Å². The molecule has 1 aromatic carbocycles. The first kappa shape index (κ1) is 14.5. The van der Waals surface area contributed by atoms with Gasteiger partial charge < -0.3 is 14.8 Å². The standard InChI is InChI=1S/C15H18ClN3O2/c16-12-5-3-11(4-6-12)14-19-18-13(21-14)9-17-15(10-20)7-1-2-8-15/h3-6,17,20H,1-2,7-10H2. The Balaban J connectivity index is 1.66. The SMILES string of the molecule is OCC1(NCc2nnc(-c3ccc(Cl)cc3)o2)CCCC1. The van der Waals surface area contributed by atoms with Gasteiger partial charge in [-0.15, -0.1) is 10.2 Å². The predicted octanol–water partition coefficient (Wildman–Crippen LogP) is 2.78. The van der Waals surface area contributed by atoms with E-state index in [1.165, 1.54) is 0 Å². The largest absolute Gasteiger partial charge is 0.419 e. The van der Waals surface area contributed by atoms with Crippen LogP contribution in [0.25, 0.3) is 11.5 Å². The van der Waals surface area contributed by atoms with Crippen LogP contribution >= 0.6 is 11.6 Å². The van der Waals surface area contributed by atoms with Crippen LogP contribution in [0.2, 0.25) is 5.02 Å². The molecule has 21 heavy (non-hydrogen) atoms. The highest BCUT2D eigenvalue weighted by Crippen LogP contribution is 2.29. The fourth-order valence-electron chi connectivity index (χ4n) is 2.74. The van der Waals surface area contributed by atoms with E-state index in [1.54, 1.807) is 12.1 Å². The number of hydrogen-bond acceptors (Lipinski definition) is 5. The lowest BCUT2D eigenvalue weighted by molar-refractivity contribution is 0.159. The van der Waals surface area contributed by atoms with Crippen molar-refractivity contribution in [2.45, 2.75) is 37.8 Å². The van der Waals surface area contributed by atoms with Gasteiger partial charge in [-0.1, -0.05) is 24.4 Å². The highest BCUT2D eigenvalue weighted by molar-refractivity contribution is 6.30. The summed E-state index contributed by atoms with van der Waals surface area (Å²) in [4.78, 5) is 0. The zero-order chi connectivity index (χ0) is 14.7. The number of nitrogens with zero attached hydrogens (tertiary/aromatic N) is 2. The Morgan fingerprint density at radius 1 is 1.19 bits per heavy atom. The number of aromatic nitrogens is 2. The average Bonchev–Trinajstić information content (AvgIpc) is 3.16. The zero-order valence-electron chi connectivity index (χ0n) is 11.7. The summed E-state index contributed by atoms with van der Waals surface area (Å²) in [5, 5.41) is 21.7. The van der Waals surface area contributed by atoms with Crippen molar-refractivity contribution in [3.63, 3.8) is 0 Å². The van der Waals surface area contributed by atoms with Crippen LogP contribution in [0.4, 0.5) is 0 Å². The smallest absolute Gasteiger partial charge is 0.247 e. The third kappa shape index (κ3) is 3.26. The second kappa shape index (κ2) is 6.13. The molecule has 0 bridgehead atoms. The number of benzene rings is 1. The van der Waals surface area contributed by atoms with E-state index in [4.69, 9.17) is 16.0 Å². The van der Waals surface area contributed by atoms with Crippen molar-refractivity contribution in [3.8, 4) is 11.5 Å². The molecule has 6 heteroatoms. The first-order valence-corrected chi connectivity index (χ1v) is 7.53. The number of aliphatic hydroxyl groups excluding tert-OH is 1. The van der Waals surface area contributed by atoms with Gasteiger partial charge in [0.05, 0.1) is 13.2 Å². The fourth-order valence-corrected chi connectivity index (χ4v) is 2.87. The Morgan fingerprint density at radius 2 is 1.90 bits per heavy atom. The molecule has 0 spiro atoms. The van der Waals surface area contributed by atoms with E-state index in [2.05, 4.69) is 15.5 Å². The monoisotopic (exact) mass is 307 g/mol. The summed E-state index contributed by atoms with van der Waals surface area (Å²) >= 11 is 5.86. The van der Waals surface area contributed by atoms with Crippen LogP contribution in [0.5, 0.6) is 0 Å². The molecule has 1 fully saturated rings. The van der Waals surface area contributed by atoms with E-state index in [0.29, 0.717) is 23.3 Å². The van der Waals surface area contributed by atoms with Crippen LogP contribution in [-0.2, 0) is 6.54 Å². The minimum absolute atomic E-state index is 0.144. The molecular weight excluding hydrogens is 290 g/mol. The van der Waals surface area contributed by atoms with E-state index in [-0.39, 0.29) is 12.1 Å². The second-order valence-electron chi connectivity index (χ2n) is 5.51. The summed E-state index contributed by atoms with van der Waals surface area (Å²) in [6.45, 7) is 0.617. The highest BCUT2D eigenvalue weighted by Gasteiger charge is 2.32. The Labute approximate surface area is 128 Å². The maximum Gasteiger partial charge on any atom is 0.247 e. The molecule has 2 aromatic rings. The van der Waals surface area contributed by atoms with Gasteiger partial charge in [-0.05, 0) is 37.1 Å². The maximum atomic E-state index is 9.56. The summed E-state index contributed by atoms with van der Waals surface area (Å²) in [7, 11) is 0. The number of halogens is 1. The lowest BCUT2D eigenvalue weighted by Gasteiger charge is -2.27. The van der Waals surface area contributed by atoms with Crippen LogP contribution in [0, 0.1) is 0 Å². The second-order valence-corrected chi connectivity index (χ2v) is 5.94. The minimum atomic E-state index is -0.186. The zero-order valence-corrected chi connectivity index (χ0v) is 12.4. The Kier molecular flexibility index (Phi) is 4.24. The van der Waals surface area contributed by atoms with E-state index < -0.39 is 0 Å². The third-order valence-corrected chi connectivity index (χ3v) is 4.29. The molecule has 0 amide bonds. The van der Waals surface area contributed by atoms with E-state index in [0.717, 1.165) is 31.2 Å². The van der Waals surface area contributed by atoms with Crippen LogP contribution in [0.1, 0.15) is 31.6 Å². The molecule has 0 atom stereocenters. The van der Waals surface area contributed by atoms with Gasteiger partial charge in [0, 0.05) is 16.1 Å². The first-order chi connectivity index (χ1) is 10.2. The molecular formula is C15H18ClN3O2. The van der Waals surface area contributed by atoms with Gasteiger partial charge in [0.2, 0.25) is 11.8 Å². The fraction of sp³-hybridized carbons (Fsp3) is 0.467. The molecule has 1 heterocycles. The Bertz CT molecular complexity index is 591. The Hall–Kier alpha value is -1.43. The molecule has 0 aliphatic heterocycles. The summed E-state index contributed by atoms with van der Waals surface area (Å²) in [5.41, 5.74) is 0.658. The van der Waals surface area contributed by atoms with Crippen molar-refractivity contribution >= 4 is 11.6 Å². The van der Waals surface area contributed by atoms with Gasteiger partial charge >= 0.3 is 0 Å². The molecule has 0 radical (unpaired) electrons. The molecule has 3 rings (SSSR count). The van der Waals surface area contributed by atoms with Gasteiger partial charge in [-0.25, -0.2) is 0 Å². The van der Waals surface area contributed by atoms with E-state index >= 15 is 0 Å². The number of nitrogens with one attached hydrogen (secondary N) is 1. The molecule has 2 N–H and O–H groups in total. The van der Waals surface area contributed by atoms with Gasteiger partial charge in [-0.2, -0.15) is 0 Å². The lowest BCUT2D eigenvalue weighted by atomic mass is 9.99. The molecule has 1 saturated carbocycles. The summed E-state index contributed by atoms with van der Waals surface area (Å²) in [6, 6.07) is 7.27. The average molecular weight is 308 g/mol. The summed E-state index contributed by atoms with van der Waals surface area (Å²) < 4.78 is 5.65. The normalized spacial score (nSPS) is 17.2. The van der Waals surface area contributed by atoms with Gasteiger partial charge in [-0.3, -0.25) is 0 Å². The molecule has 1 aliphatic rings. The first-order valence-electron chi connectivity index (χ1n) is 7.15. The van der Waals surface area contributed by atoms with Crippen LogP contribution in [0.15, 0.2) is 28.7 Å². The molecule has 1 aliphatic carbocycles. The number of rotatable bonds is 5. The van der Waals surface area contributed by atoms with Crippen molar-refractivity contribution in [1.29, 1.82) is 0 Å². The topological polar surface area (TPSA) is 71.2 Å². The van der Waals surface area contributed by atoms with Crippen LogP contribution < -0.4 is 5.32 Å². The van der Waals surface area contributed by atoms with Crippen molar-refractivity contribution in [2.75, 3.05) is 6.61 Å². The van der Waals surface area contributed by atoms with E-state index in [1.807, 2.05) is 12.1 Å². The molecule has 1 aromatic heterocycles. The summed E-state index contributed by atoms with van der Waals surface area (Å²) in [6.07, 6.45) is 4.27.